The molecule has 1 amide bonds. The standard InChI is InChI=1S/C22H27F3N4O2.HI/c1-2-26-21(29-15-20(30)27-13-12-17-6-4-3-5-7-17)28-14-18-8-10-19(11-9-18)31-16-22(23,24)25;/h3-11H,2,12-16H2,1H3,(H,27,30)(H2,26,28,29);1H. The van der Waals surface area contributed by atoms with Crippen LogP contribution in [0.25, 0.3) is 0 Å². The van der Waals surface area contributed by atoms with E-state index >= 15 is 0 Å². The summed E-state index contributed by atoms with van der Waals surface area (Å²) in [5.41, 5.74) is 1.95. The molecular weight excluding hydrogens is 536 g/mol. The van der Waals surface area contributed by atoms with Gasteiger partial charge in [0.05, 0.1) is 13.1 Å². The predicted octanol–water partition coefficient (Wildman–Crippen LogP) is 3.66. The molecule has 0 fully saturated rings. The molecule has 0 saturated carbocycles. The van der Waals surface area contributed by atoms with Crippen LogP contribution in [0.4, 0.5) is 13.2 Å². The number of carbonyl (C=O) groups excluding carboxylic acids is 1. The fourth-order valence-corrected chi connectivity index (χ4v) is 2.59. The third kappa shape index (κ3) is 11.8. The number of nitrogens with zero attached hydrogens (tertiary/aromatic N) is 1. The van der Waals surface area contributed by atoms with Gasteiger partial charge in [-0.1, -0.05) is 42.5 Å². The number of hydrogen-bond donors (Lipinski definition) is 3. The number of rotatable bonds is 10. The number of nitrogens with one attached hydrogen (secondary N) is 3. The average Bonchev–Trinajstić information content (AvgIpc) is 2.75. The zero-order valence-corrected chi connectivity index (χ0v) is 20.1. The molecule has 0 aliphatic carbocycles. The van der Waals surface area contributed by atoms with Crippen molar-refractivity contribution in [2.75, 3.05) is 26.2 Å². The molecule has 10 heteroatoms. The SMILES string of the molecule is CCNC(=NCc1ccc(OCC(F)(F)F)cc1)NCC(=O)NCCc1ccccc1.I. The molecule has 2 aromatic rings. The van der Waals surface area contributed by atoms with Crippen molar-refractivity contribution >= 4 is 35.8 Å². The second-order valence-corrected chi connectivity index (χ2v) is 6.68. The third-order valence-corrected chi connectivity index (χ3v) is 4.08. The number of carbonyl (C=O) groups is 1. The quantitative estimate of drug-likeness (QED) is 0.234. The Hall–Kier alpha value is -2.50. The van der Waals surface area contributed by atoms with Gasteiger partial charge in [-0.25, -0.2) is 4.99 Å². The maximum atomic E-state index is 12.2. The molecule has 2 rings (SSSR count). The molecule has 32 heavy (non-hydrogen) atoms. The summed E-state index contributed by atoms with van der Waals surface area (Å²) in [6.45, 7) is 2.11. The van der Waals surface area contributed by atoms with Crippen LogP contribution in [0.2, 0.25) is 0 Å². The molecule has 0 unspecified atom stereocenters. The van der Waals surface area contributed by atoms with Gasteiger partial charge in [-0.2, -0.15) is 13.2 Å². The lowest BCUT2D eigenvalue weighted by molar-refractivity contribution is -0.153. The van der Waals surface area contributed by atoms with Gasteiger partial charge in [-0.05, 0) is 36.6 Å². The number of guanidine groups is 1. The van der Waals surface area contributed by atoms with Crippen LogP contribution in [-0.4, -0.2) is 44.3 Å². The Balaban J connectivity index is 0.00000512. The van der Waals surface area contributed by atoms with Crippen LogP contribution < -0.4 is 20.7 Å². The first-order chi connectivity index (χ1) is 14.9. The van der Waals surface area contributed by atoms with E-state index in [1.54, 1.807) is 12.1 Å². The first kappa shape index (κ1) is 27.5. The molecule has 0 aliphatic rings. The Kier molecular flexibility index (Phi) is 12.5. The molecule has 0 atom stereocenters. The summed E-state index contributed by atoms with van der Waals surface area (Å²) in [6, 6.07) is 16.1. The van der Waals surface area contributed by atoms with Crippen LogP contribution in [0, 0.1) is 0 Å². The highest BCUT2D eigenvalue weighted by Gasteiger charge is 2.28. The summed E-state index contributed by atoms with van der Waals surface area (Å²) < 4.78 is 41.3. The monoisotopic (exact) mass is 564 g/mol. The Labute approximate surface area is 203 Å². The van der Waals surface area contributed by atoms with E-state index in [0.29, 0.717) is 25.6 Å². The lowest BCUT2D eigenvalue weighted by Gasteiger charge is -2.12. The van der Waals surface area contributed by atoms with Gasteiger partial charge in [0.25, 0.3) is 0 Å². The second kappa shape index (κ2) is 14.5. The van der Waals surface area contributed by atoms with Gasteiger partial charge in [0.2, 0.25) is 5.91 Å². The topological polar surface area (TPSA) is 74.8 Å². The van der Waals surface area contributed by atoms with Gasteiger partial charge >= 0.3 is 6.18 Å². The Bertz CT molecular complexity index is 831. The summed E-state index contributed by atoms with van der Waals surface area (Å²) in [6.07, 6.45) is -3.62. The summed E-state index contributed by atoms with van der Waals surface area (Å²) in [5.74, 6) is 0.466. The summed E-state index contributed by atoms with van der Waals surface area (Å²) in [5, 5.41) is 8.87. The average molecular weight is 564 g/mol. The highest BCUT2D eigenvalue weighted by molar-refractivity contribution is 14.0. The van der Waals surface area contributed by atoms with Crippen molar-refractivity contribution in [2.45, 2.75) is 26.1 Å². The van der Waals surface area contributed by atoms with E-state index in [2.05, 4.69) is 25.7 Å². The number of hydrogen-bond acceptors (Lipinski definition) is 3. The van der Waals surface area contributed by atoms with E-state index in [1.165, 1.54) is 12.1 Å². The van der Waals surface area contributed by atoms with Crippen molar-refractivity contribution in [3.05, 3.63) is 65.7 Å². The molecule has 0 spiro atoms. The van der Waals surface area contributed by atoms with Gasteiger partial charge in [0, 0.05) is 13.1 Å². The molecule has 0 radical (unpaired) electrons. The molecule has 0 heterocycles. The molecule has 0 saturated heterocycles. The predicted molar refractivity (Wildman–Crippen MR) is 129 cm³/mol. The van der Waals surface area contributed by atoms with Gasteiger partial charge < -0.3 is 20.7 Å². The summed E-state index contributed by atoms with van der Waals surface area (Å²) >= 11 is 0. The molecule has 6 nitrogen and oxygen atoms in total. The molecule has 3 N–H and O–H groups in total. The van der Waals surface area contributed by atoms with Crippen molar-refractivity contribution in [1.82, 2.24) is 16.0 Å². The van der Waals surface area contributed by atoms with E-state index in [1.807, 2.05) is 37.3 Å². The Morgan fingerprint density at radius 2 is 1.66 bits per heavy atom. The van der Waals surface area contributed by atoms with Crippen molar-refractivity contribution < 1.29 is 22.7 Å². The van der Waals surface area contributed by atoms with E-state index in [4.69, 9.17) is 0 Å². The highest BCUT2D eigenvalue weighted by Crippen LogP contribution is 2.19. The van der Waals surface area contributed by atoms with Gasteiger partial charge in [-0.15, -0.1) is 24.0 Å². The smallest absolute Gasteiger partial charge is 0.422 e. The summed E-state index contributed by atoms with van der Waals surface area (Å²) in [4.78, 5) is 16.4. The largest absolute Gasteiger partial charge is 0.484 e. The van der Waals surface area contributed by atoms with Crippen molar-refractivity contribution in [3.8, 4) is 5.75 Å². The number of amides is 1. The fourth-order valence-electron chi connectivity index (χ4n) is 2.59. The zero-order chi connectivity index (χ0) is 22.5. The van der Waals surface area contributed by atoms with Crippen molar-refractivity contribution in [1.29, 1.82) is 0 Å². The number of alkyl halides is 3. The molecule has 0 bridgehead atoms. The second-order valence-electron chi connectivity index (χ2n) is 6.68. The summed E-state index contributed by atoms with van der Waals surface area (Å²) in [7, 11) is 0. The minimum Gasteiger partial charge on any atom is -0.484 e. The Morgan fingerprint density at radius 3 is 2.28 bits per heavy atom. The number of ether oxygens (including phenoxy) is 1. The first-order valence-corrected chi connectivity index (χ1v) is 9.97. The van der Waals surface area contributed by atoms with Gasteiger partial charge in [0.15, 0.2) is 12.6 Å². The maximum Gasteiger partial charge on any atom is 0.422 e. The van der Waals surface area contributed by atoms with Crippen LogP contribution in [0.3, 0.4) is 0 Å². The lowest BCUT2D eigenvalue weighted by atomic mass is 10.1. The van der Waals surface area contributed by atoms with E-state index in [9.17, 15) is 18.0 Å². The van der Waals surface area contributed by atoms with Crippen molar-refractivity contribution in [3.63, 3.8) is 0 Å². The van der Waals surface area contributed by atoms with Gasteiger partial charge in [0.1, 0.15) is 5.75 Å². The normalized spacial score (nSPS) is 11.3. The highest BCUT2D eigenvalue weighted by atomic mass is 127. The van der Waals surface area contributed by atoms with Crippen LogP contribution in [0.15, 0.2) is 59.6 Å². The lowest BCUT2D eigenvalue weighted by Crippen LogP contribution is -2.43. The first-order valence-electron chi connectivity index (χ1n) is 9.97. The maximum absolute atomic E-state index is 12.2. The number of benzene rings is 2. The molecule has 0 aromatic heterocycles. The van der Waals surface area contributed by atoms with E-state index < -0.39 is 12.8 Å². The van der Waals surface area contributed by atoms with Crippen LogP contribution in [-0.2, 0) is 17.8 Å². The fraction of sp³-hybridized carbons (Fsp3) is 0.364. The van der Waals surface area contributed by atoms with Crippen molar-refractivity contribution in [2.24, 2.45) is 4.99 Å². The van der Waals surface area contributed by atoms with Crippen LogP contribution >= 0.6 is 24.0 Å². The number of aliphatic imine (C=N–C) groups is 1. The third-order valence-electron chi connectivity index (χ3n) is 4.08. The number of halogens is 4. The van der Waals surface area contributed by atoms with Gasteiger partial charge in [-0.3, -0.25) is 4.79 Å². The Morgan fingerprint density at radius 1 is 0.969 bits per heavy atom. The molecule has 0 aliphatic heterocycles. The van der Waals surface area contributed by atoms with Crippen LogP contribution in [0.1, 0.15) is 18.1 Å². The molecule has 176 valence electrons. The van der Waals surface area contributed by atoms with E-state index in [-0.39, 0.29) is 42.2 Å². The zero-order valence-electron chi connectivity index (χ0n) is 17.7. The molecule has 2 aromatic carbocycles. The van der Waals surface area contributed by atoms with Crippen LogP contribution in [0.5, 0.6) is 5.75 Å². The molecular formula is C22H28F3IN4O2. The van der Waals surface area contributed by atoms with E-state index in [0.717, 1.165) is 17.5 Å². The minimum atomic E-state index is -4.37. The minimum absolute atomic E-state index is 0.